The van der Waals surface area contributed by atoms with Gasteiger partial charge in [-0.15, -0.1) is 11.3 Å². The molecule has 1 aliphatic rings. The Labute approximate surface area is 331 Å². The van der Waals surface area contributed by atoms with Gasteiger partial charge >= 0.3 is 0 Å². The standard InChI is InChI=1S/C42H49N7O6S/c1-25(2)36-39(53)44-28(5)41(54)48(6)18-19-49(42(55)32-17-11-16-31(22-32)30-15-10-12-26(3)20-30)23-35(50)45-33(21-29-13-8-7-9-14-29)40-46-34(24-56-40)38(52)43-27(4)37(51)47-36/h7-17,20,22,24-25,27-28,33,36H,18-19,21,23H2,1-6H3,(H,43,52)(H,44,53)(H,45,50)(H,47,51)/t27-,28+,33-,36-/m0/s1. The molecule has 0 fully saturated rings. The minimum Gasteiger partial charge on any atom is -0.345 e. The van der Waals surface area contributed by atoms with E-state index in [9.17, 15) is 28.8 Å². The zero-order valence-electron chi connectivity index (χ0n) is 32.5. The summed E-state index contributed by atoms with van der Waals surface area (Å²) in [5, 5.41) is 13.1. The summed E-state index contributed by atoms with van der Waals surface area (Å²) in [6.07, 6.45) is 0.346. The van der Waals surface area contributed by atoms with Gasteiger partial charge in [0.2, 0.25) is 23.6 Å². The lowest BCUT2D eigenvalue weighted by molar-refractivity contribution is -0.136. The number of rotatable bonds is 5. The summed E-state index contributed by atoms with van der Waals surface area (Å²) in [5.74, 6) is -3.42. The monoisotopic (exact) mass is 779 g/mol. The summed E-state index contributed by atoms with van der Waals surface area (Å²) in [4.78, 5) is 89.0. The van der Waals surface area contributed by atoms with E-state index in [1.807, 2.05) is 67.6 Å². The number of aromatic nitrogens is 1. The van der Waals surface area contributed by atoms with Crippen LogP contribution < -0.4 is 21.3 Å². The van der Waals surface area contributed by atoms with E-state index >= 15 is 0 Å². The molecule has 4 aromatic rings. The van der Waals surface area contributed by atoms with Crippen molar-refractivity contribution in [3.8, 4) is 11.1 Å². The minimum absolute atomic E-state index is 0.00266. The van der Waals surface area contributed by atoms with Crippen molar-refractivity contribution in [3.63, 3.8) is 0 Å². The van der Waals surface area contributed by atoms with Crippen molar-refractivity contribution in [3.05, 3.63) is 112 Å². The summed E-state index contributed by atoms with van der Waals surface area (Å²) in [6, 6.07) is 20.9. The van der Waals surface area contributed by atoms with E-state index in [-0.39, 0.29) is 31.2 Å². The highest BCUT2D eigenvalue weighted by Crippen LogP contribution is 2.24. The lowest BCUT2D eigenvalue weighted by Gasteiger charge is -2.29. The number of hydrogen-bond donors (Lipinski definition) is 4. The smallest absolute Gasteiger partial charge is 0.271 e. The predicted molar refractivity (Wildman–Crippen MR) is 215 cm³/mol. The molecule has 2 bridgehead atoms. The molecule has 0 unspecified atom stereocenters. The van der Waals surface area contributed by atoms with Gasteiger partial charge in [0.15, 0.2) is 0 Å². The van der Waals surface area contributed by atoms with Crippen LogP contribution in [0.3, 0.4) is 0 Å². The van der Waals surface area contributed by atoms with Gasteiger partial charge < -0.3 is 31.1 Å². The Morgan fingerprint density at radius 3 is 2.21 bits per heavy atom. The summed E-state index contributed by atoms with van der Waals surface area (Å²) < 4.78 is 0. The molecular formula is C42H49N7O6S. The van der Waals surface area contributed by atoms with Crippen LogP contribution in [0.4, 0.5) is 0 Å². The number of aryl methyl sites for hydroxylation is 1. The molecule has 1 aromatic heterocycles. The molecule has 0 spiro atoms. The van der Waals surface area contributed by atoms with E-state index in [2.05, 4.69) is 26.3 Å². The van der Waals surface area contributed by atoms with Crippen LogP contribution in [0.5, 0.6) is 0 Å². The number of nitrogens with zero attached hydrogens (tertiary/aromatic N) is 3. The molecule has 4 N–H and O–H groups in total. The summed E-state index contributed by atoms with van der Waals surface area (Å²) >= 11 is 1.18. The van der Waals surface area contributed by atoms with Gasteiger partial charge in [0.25, 0.3) is 11.8 Å². The third-order valence-electron chi connectivity index (χ3n) is 9.55. The molecule has 1 aliphatic heterocycles. The van der Waals surface area contributed by atoms with Crippen LogP contribution in [-0.4, -0.2) is 95.0 Å². The van der Waals surface area contributed by atoms with Crippen LogP contribution in [0.15, 0.2) is 84.2 Å². The Balaban J connectivity index is 1.49. The molecule has 0 aliphatic carbocycles. The van der Waals surface area contributed by atoms with Crippen molar-refractivity contribution in [2.45, 2.75) is 65.2 Å². The molecule has 2 heterocycles. The normalized spacial score (nSPS) is 20.7. The Morgan fingerprint density at radius 1 is 0.821 bits per heavy atom. The predicted octanol–water partition coefficient (Wildman–Crippen LogP) is 3.90. The fourth-order valence-corrected chi connectivity index (χ4v) is 7.18. The van der Waals surface area contributed by atoms with Crippen LogP contribution in [0.2, 0.25) is 0 Å². The van der Waals surface area contributed by atoms with Gasteiger partial charge in [0, 0.05) is 31.1 Å². The van der Waals surface area contributed by atoms with E-state index in [0.717, 1.165) is 22.3 Å². The first kappa shape index (κ1) is 41.3. The van der Waals surface area contributed by atoms with Crippen molar-refractivity contribution < 1.29 is 28.8 Å². The third kappa shape index (κ3) is 10.7. The van der Waals surface area contributed by atoms with Crippen LogP contribution in [-0.2, 0) is 25.6 Å². The molecule has 5 rings (SSSR count). The van der Waals surface area contributed by atoms with Crippen LogP contribution in [0.25, 0.3) is 11.1 Å². The summed E-state index contributed by atoms with van der Waals surface area (Å²) in [5.41, 5.74) is 4.18. The Hall–Kier alpha value is -5.89. The van der Waals surface area contributed by atoms with E-state index in [1.165, 1.54) is 35.0 Å². The fourth-order valence-electron chi connectivity index (χ4n) is 6.33. The van der Waals surface area contributed by atoms with Crippen molar-refractivity contribution >= 4 is 46.8 Å². The second kappa shape index (κ2) is 18.6. The van der Waals surface area contributed by atoms with E-state index < -0.39 is 59.6 Å². The maximum Gasteiger partial charge on any atom is 0.271 e. The largest absolute Gasteiger partial charge is 0.345 e. The number of nitrogens with one attached hydrogen (secondary N) is 4. The molecule has 13 nitrogen and oxygen atoms in total. The summed E-state index contributed by atoms with van der Waals surface area (Å²) in [6.45, 7) is 8.25. The number of carbonyl (C=O) groups is 6. The Bertz CT molecular complexity index is 2070. The zero-order valence-corrected chi connectivity index (χ0v) is 33.3. The second-order valence-electron chi connectivity index (χ2n) is 14.5. The van der Waals surface area contributed by atoms with Gasteiger partial charge in [-0.3, -0.25) is 28.8 Å². The van der Waals surface area contributed by atoms with E-state index in [1.54, 1.807) is 44.5 Å². The molecule has 0 radical (unpaired) electrons. The highest BCUT2D eigenvalue weighted by Gasteiger charge is 2.31. The lowest BCUT2D eigenvalue weighted by Crippen LogP contribution is -2.57. The van der Waals surface area contributed by atoms with Crippen molar-refractivity contribution in [1.82, 2.24) is 36.1 Å². The van der Waals surface area contributed by atoms with Gasteiger partial charge in [0.1, 0.15) is 28.8 Å². The topological polar surface area (TPSA) is 170 Å². The molecule has 3 aromatic carbocycles. The molecule has 4 atom stereocenters. The lowest BCUT2D eigenvalue weighted by atomic mass is 10.0. The second-order valence-corrected chi connectivity index (χ2v) is 15.4. The first-order valence-corrected chi connectivity index (χ1v) is 19.5. The van der Waals surface area contributed by atoms with Gasteiger partial charge in [-0.2, -0.15) is 0 Å². The number of carbonyl (C=O) groups excluding carboxylic acids is 6. The highest BCUT2D eigenvalue weighted by atomic mass is 32.1. The quantitative estimate of drug-likeness (QED) is 0.238. The molecule has 0 saturated carbocycles. The number of benzene rings is 3. The van der Waals surface area contributed by atoms with Gasteiger partial charge in [-0.05, 0) is 61.9 Å². The van der Waals surface area contributed by atoms with E-state index in [4.69, 9.17) is 0 Å². The number of hydrogen-bond acceptors (Lipinski definition) is 8. The van der Waals surface area contributed by atoms with Gasteiger partial charge in [0.05, 0.1) is 12.6 Å². The number of likely N-dealkylation sites (N-methyl/N-ethyl adjacent to an activating group) is 1. The van der Waals surface area contributed by atoms with Crippen molar-refractivity contribution in [2.24, 2.45) is 5.92 Å². The highest BCUT2D eigenvalue weighted by molar-refractivity contribution is 7.09. The molecule has 0 saturated heterocycles. The maximum atomic E-state index is 14.3. The zero-order chi connectivity index (χ0) is 40.5. The molecule has 56 heavy (non-hydrogen) atoms. The average Bonchev–Trinajstić information content (AvgIpc) is 3.68. The molecular weight excluding hydrogens is 731 g/mol. The van der Waals surface area contributed by atoms with Crippen molar-refractivity contribution in [1.29, 1.82) is 0 Å². The van der Waals surface area contributed by atoms with Gasteiger partial charge in [-0.25, -0.2) is 4.98 Å². The fraction of sp³-hybridized carbons (Fsp3) is 0.357. The van der Waals surface area contributed by atoms with Crippen LogP contribution in [0, 0.1) is 12.8 Å². The molecule has 14 heteroatoms. The third-order valence-corrected chi connectivity index (χ3v) is 10.5. The molecule has 6 amide bonds. The van der Waals surface area contributed by atoms with Crippen molar-refractivity contribution in [2.75, 3.05) is 26.7 Å². The van der Waals surface area contributed by atoms with Gasteiger partial charge in [-0.1, -0.05) is 86.1 Å². The first-order valence-electron chi connectivity index (χ1n) is 18.6. The SMILES string of the molecule is Cc1cccc(-c2cccc(C(=O)N3CCN(C)C(=O)[C@@H](C)NC(=O)[C@H](C(C)C)NC(=O)[C@H](C)NC(=O)c4csc(n4)[C@H](Cc4ccccc4)NC(=O)C3)c2)c1. The molecule has 294 valence electrons. The average molecular weight is 780 g/mol. The maximum absolute atomic E-state index is 14.3. The number of fused-ring (bicyclic) bond motifs is 2. The van der Waals surface area contributed by atoms with E-state index in [0.29, 0.717) is 17.0 Å². The summed E-state index contributed by atoms with van der Waals surface area (Å²) in [7, 11) is 1.56. The first-order chi connectivity index (χ1) is 26.7. The number of thiazole rings is 1. The van der Waals surface area contributed by atoms with Crippen LogP contribution in [0.1, 0.15) is 70.7 Å². The van der Waals surface area contributed by atoms with Crippen LogP contribution >= 0.6 is 11.3 Å². The number of amides is 6. The minimum atomic E-state index is -1.03. The Morgan fingerprint density at radius 2 is 1.52 bits per heavy atom. The Kier molecular flexibility index (Phi) is 13.7.